The molecule has 0 atom stereocenters. The number of pyridine rings is 1. The van der Waals surface area contributed by atoms with Gasteiger partial charge in [-0.2, -0.15) is 0 Å². The number of hydrogen-bond donors (Lipinski definition) is 2. The molecule has 0 saturated heterocycles. The standard InChI is InChI=1S/C20H26N6/c1-2-21-20(24-14-11-17-8-5-6-12-22-17)23-13-7-15-26-16-25-18-9-3-4-10-19(18)26/h3-6,8-10,12,16H,2,7,11,13-15H2,1H3,(H2,21,23,24). The first kappa shape index (κ1) is 17.9. The molecule has 0 unspecified atom stereocenters. The van der Waals surface area contributed by atoms with Gasteiger partial charge in [-0.25, -0.2) is 4.98 Å². The maximum absolute atomic E-state index is 4.66. The zero-order chi connectivity index (χ0) is 18.0. The lowest BCUT2D eigenvalue weighted by Gasteiger charge is -2.11. The van der Waals surface area contributed by atoms with Gasteiger partial charge in [-0.3, -0.25) is 9.98 Å². The number of nitrogens with one attached hydrogen (secondary N) is 2. The summed E-state index contributed by atoms with van der Waals surface area (Å²) in [4.78, 5) is 13.4. The first-order valence-corrected chi connectivity index (χ1v) is 9.19. The lowest BCUT2D eigenvalue weighted by molar-refractivity contribution is 0.661. The lowest BCUT2D eigenvalue weighted by atomic mass is 10.3. The summed E-state index contributed by atoms with van der Waals surface area (Å²) in [7, 11) is 0. The van der Waals surface area contributed by atoms with E-state index in [1.165, 1.54) is 5.52 Å². The lowest BCUT2D eigenvalue weighted by Crippen LogP contribution is -2.38. The van der Waals surface area contributed by atoms with Crippen molar-refractivity contribution >= 4 is 17.0 Å². The van der Waals surface area contributed by atoms with Crippen molar-refractivity contribution in [2.45, 2.75) is 26.3 Å². The van der Waals surface area contributed by atoms with E-state index < -0.39 is 0 Å². The second-order valence-electron chi connectivity index (χ2n) is 6.04. The van der Waals surface area contributed by atoms with Crippen molar-refractivity contribution in [2.24, 2.45) is 4.99 Å². The molecule has 6 nitrogen and oxygen atoms in total. The normalized spacial score (nSPS) is 11.7. The van der Waals surface area contributed by atoms with Gasteiger partial charge in [0.2, 0.25) is 0 Å². The number of para-hydroxylation sites is 2. The number of fused-ring (bicyclic) bond motifs is 1. The van der Waals surface area contributed by atoms with Crippen LogP contribution in [0.4, 0.5) is 0 Å². The second-order valence-corrected chi connectivity index (χ2v) is 6.04. The van der Waals surface area contributed by atoms with Crippen LogP contribution in [0.2, 0.25) is 0 Å². The molecule has 26 heavy (non-hydrogen) atoms. The highest BCUT2D eigenvalue weighted by atomic mass is 15.2. The van der Waals surface area contributed by atoms with E-state index in [0.717, 1.165) is 56.2 Å². The van der Waals surface area contributed by atoms with Crippen LogP contribution in [0.15, 0.2) is 60.0 Å². The van der Waals surface area contributed by atoms with Crippen LogP contribution in [0.25, 0.3) is 11.0 Å². The van der Waals surface area contributed by atoms with Crippen LogP contribution in [0.3, 0.4) is 0 Å². The van der Waals surface area contributed by atoms with Gasteiger partial charge in [0, 0.05) is 44.5 Å². The number of aryl methyl sites for hydroxylation is 1. The molecule has 2 aromatic heterocycles. The molecule has 0 radical (unpaired) electrons. The summed E-state index contributed by atoms with van der Waals surface area (Å²) in [5, 5.41) is 6.66. The molecule has 0 aliphatic heterocycles. The van der Waals surface area contributed by atoms with E-state index in [0.29, 0.717) is 0 Å². The highest BCUT2D eigenvalue weighted by Crippen LogP contribution is 2.11. The van der Waals surface area contributed by atoms with Crippen molar-refractivity contribution in [3.8, 4) is 0 Å². The Labute approximate surface area is 154 Å². The molecule has 0 amide bonds. The van der Waals surface area contributed by atoms with Crippen LogP contribution < -0.4 is 10.6 Å². The van der Waals surface area contributed by atoms with Crippen molar-refractivity contribution in [3.05, 3.63) is 60.7 Å². The Morgan fingerprint density at radius 1 is 1.08 bits per heavy atom. The third-order valence-electron chi connectivity index (χ3n) is 4.10. The number of hydrogen-bond acceptors (Lipinski definition) is 3. The largest absolute Gasteiger partial charge is 0.357 e. The third-order valence-corrected chi connectivity index (χ3v) is 4.10. The molecule has 0 spiro atoms. The number of rotatable bonds is 8. The average molecular weight is 350 g/mol. The van der Waals surface area contributed by atoms with E-state index in [2.05, 4.69) is 43.2 Å². The Morgan fingerprint density at radius 3 is 2.81 bits per heavy atom. The van der Waals surface area contributed by atoms with E-state index in [4.69, 9.17) is 0 Å². The predicted octanol–water partition coefficient (Wildman–Crippen LogP) is 2.62. The Balaban J connectivity index is 1.46. The van der Waals surface area contributed by atoms with E-state index >= 15 is 0 Å². The first-order valence-electron chi connectivity index (χ1n) is 9.19. The molecule has 0 fully saturated rings. The van der Waals surface area contributed by atoms with Gasteiger partial charge in [-0.1, -0.05) is 18.2 Å². The molecule has 2 N–H and O–H groups in total. The number of imidazole rings is 1. The highest BCUT2D eigenvalue weighted by molar-refractivity contribution is 5.79. The molecule has 0 saturated carbocycles. The molecule has 6 heteroatoms. The van der Waals surface area contributed by atoms with Gasteiger partial charge in [0.05, 0.1) is 17.4 Å². The summed E-state index contributed by atoms with van der Waals surface area (Å²) in [5.74, 6) is 0.860. The van der Waals surface area contributed by atoms with Crippen LogP contribution in [0, 0.1) is 0 Å². The molecule has 0 aliphatic rings. The summed E-state index contributed by atoms with van der Waals surface area (Å²) < 4.78 is 2.19. The number of guanidine groups is 1. The van der Waals surface area contributed by atoms with E-state index in [9.17, 15) is 0 Å². The minimum Gasteiger partial charge on any atom is -0.357 e. The van der Waals surface area contributed by atoms with Crippen molar-refractivity contribution in [1.82, 2.24) is 25.2 Å². The molecule has 136 valence electrons. The fourth-order valence-electron chi connectivity index (χ4n) is 2.82. The van der Waals surface area contributed by atoms with Crippen LogP contribution in [-0.4, -0.2) is 40.1 Å². The molecule has 3 aromatic rings. The predicted molar refractivity (Wildman–Crippen MR) is 106 cm³/mol. The Kier molecular flexibility index (Phi) is 6.59. The third kappa shape index (κ3) is 5.05. The second kappa shape index (κ2) is 9.56. The van der Waals surface area contributed by atoms with Crippen molar-refractivity contribution in [2.75, 3.05) is 19.6 Å². The van der Waals surface area contributed by atoms with E-state index in [-0.39, 0.29) is 0 Å². The zero-order valence-electron chi connectivity index (χ0n) is 15.2. The fourth-order valence-corrected chi connectivity index (χ4v) is 2.82. The van der Waals surface area contributed by atoms with Gasteiger partial charge in [0.15, 0.2) is 5.96 Å². The quantitative estimate of drug-likeness (QED) is 0.372. The first-order chi connectivity index (χ1) is 12.9. The van der Waals surface area contributed by atoms with Crippen molar-refractivity contribution in [1.29, 1.82) is 0 Å². The Morgan fingerprint density at radius 2 is 1.96 bits per heavy atom. The number of aliphatic imine (C=N–C) groups is 1. The maximum atomic E-state index is 4.66. The average Bonchev–Trinajstić information content (AvgIpc) is 3.09. The molecule has 0 aliphatic carbocycles. The van der Waals surface area contributed by atoms with Gasteiger partial charge in [-0.15, -0.1) is 0 Å². The van der Waals surface area contributed by atoms with Crippen molar-refractivity contribution in [3.63, 3.8) is 0 Å². The van der Waals surface area contributed by atoms with Crippen molar-refractivity contribution < 1.29 is 0 Å². The van der Waals surface area contributed by atoms with E-state index in [1.807, 2.05) is 48.9 Å². The summed E-state index contributed by atoms with van der Waals surface area (Å²) in [6.07, 6.45) is 5.59. The van der Waals surface area contributed by atoms with Gasteiger partial charge < -0.3 is 15.2 Å². The molecular formula is C20H26N6. The Hall–Kier alpha value is -2.89. The topological polar surface area (TPSA) is 67.1 Å². The minimum absolute atomic E-state index is 0.769. The molecule has 3 rings (SSSR count). The van der Waals surface area contributed by atoms with Gasteiger partial charge in [-0.05, 0) is 37.6 Å². The molecular weight excluding hydrogens is 324 g/mol. The maximum Gasteiger partial charge on any atom is 0.191 e. The number of nitrogens with zero attached hydrogens (tertiary/aromatic N) is 4. The summed E-state index contributed by atoms with van der Waals surface area (Å²) in [5.41, 5.74) is 3.31. The number of aromatic nitrogens is 3. The monoisotopic (exact) mass is 350 g/mol. The van der Waals surface area contributed by atoms with Crippen LogP contribution in [0.5, 0.6) is 0 Å². The van der Waals surface area contributed by atoms with Gasteiger partial charge >= 0.3 is 0 Å². The minimum atomic E-state index is 0.769. The highest BCUT2D eigenvalue weighted by Gasteiger charge is 2.01. The summed E-state index contributed by atoms with van der Waals surface area (Å²) in [6, 6.07) is 14.2. The van der Waals surface area contributed by atoms with E-state index in [1.54, 1.807) is 0 Å². The number of benzene rings is 1. The fraction of sp³-hybridized carbons (Fsp3) is 0.350. The summed E-state index contributed by atoms with van der Waals surface area (Å²) in [6.45, 7) is 5.42. The summed E-state index contributed by atoms with van der Waals surface area (Å²) >= 11 is 0. The van der Waals surface area contributed by atoms with Crippen LogP contribution >= 0.6 is 0 Å². The zero-order valence-corrected chi connectivity index (χ0v) is 15.2. The van der Waals surface area contributed by atoms with Crippen LogP contribution in [-0.2, 0) is 13.0 Å². The van der Waals surface area contributed by atoms with Crippen LogP contribution in [0.1, 0.15) is 19.0 Å². The molecule has 2 heterocycles. The van der Waals surface area contributed by atoms with Gasteiger partial charge in [0.25, 0.3) is 0 Å². The molecule has 1 aromatic carbocycles. The van der Waals surface area contributed by atoms with Gasteiger partial charge in [0.1, 0.15) is 0 Å². The molecule has 0 bridgehead atoms. The Bertz CT molecular complexity index is 824. The smallest absolute Gasteiger partial charge is 0.191 e. The SMILES string of the molecule is CCNC(=NCCCn1cnc2ccccc21)NCCc1ccccn1.